The van der Waals surface area contributed by atoms with Crippen LogP contribution >= 0.6 is 11.6 Å². The number of nitrogens with one attached hydrogen (secondary N) is 1. The van der Waals surface area contributed by atoms with Gasteiger partial charge in [0.15, 0.2) is 11.5 Å². The van der Waals surface area contributed by atoms with Gasteiger partial charge in [0.05, 0.1) is 12.8 Å². The molecular weight excluding hydrogens is 318 g/mol. The van der Waals surface area contributed by atoms with Gasteiger partial charge < -0.3 is 19.5 Å². The summed E-state index contributed by atoms with van der Waals surface area (Å²) in [6, 6.07) is 10.7. The van der Waals surface area contributed by atoms with Gasteiger partial charge in [-0.1, -0.05) is 23.7 Å². The molecule has 2 aromatic rings. The number of fused-ring (bicyclic) bond motifs is 1. The lowest BCUT2D eigenvalue weighted by molar-refractivity contribution is -0.125. The van der Waals surface area contributed by atoms with E-state index in [1.807, 2.05) is 19.1 Å². The first-order valence-corrected chi connectivity index (χ1v) is 7.50. The van der Waals surface area contributed by atoms with Crippen molar-refractivity contribution in [2.75, 3.05) is 19.0 Å². The van der Waals surface area contributed by atoms with Crippen molar-refractivity contribution >= 4 is 23.2 Å². The van der Waals surface area contributed by atoms with Crippen LogP contribution in [0.2, 0.25) is 5.02 Å². The van der Waals surface area contributed by atoms with Crippen LogP contribution < -0.4 is 19.5 Å². The van der Waals surface area contributed by atoms with Crippen molar-refractivity contribution in [3.05, 3.63) is 47.0 Å². The van der Waals surface area contributed by atoms with Crippen molar-refractivity contribution in [2.45, 2.75) is 13.0 Å². The van der Waals surface area contributed by atoms with Gasteiger partial charge in [-0.05, 0) is 30.7 Å². The Labute approximate surface area is 139 Å². The molecule has 1 aliphatic rings. The average molecular weight is 334 g/mol. The maximum absolute atomic E-state index is 12.4. The Hall–Kier alpha value is -2.40. The van der Waals surface area contributed by atoms with Crippen LogP contribution in [0.1, 0.15) is 5.56 Å². The lowest BCUT2D eigenvalue weighted by atomic mass is 10.2. The second-order valence-electron chi connectivity index (χ2n) is 5.16. The molecule has 1 aliphatic heterocycles. The number of rotatable bonds is 3. The molecule has 0 spiro atoms. The Morgan fingerprint density at radius 2 is 2.04 bits per heavy atom. The number of para-hydroxylation sites is 2. The number of halogens is 1. The van der Waals surface area contributed by atoms with Crippen molar-refractivity contribution in [2.24, 2.45) is 0 Å². The van der Waals surface area contributed by atoms with Crippen LogP contribution in [0.5, 0.6) is 17.2 Å². The molecule has 0 aromatic heterocycles. The van der Waals surface area contributed by atoms with E-state index in [1.165, 1.54) is 7.11 Å². The van der Waals surface area contributed by atoms with Crippen LogP contribution in [-0.4, -0.2) is 25.7 Å². The molecule has 23 heavy (non-hydrogen) atoms. The zero-order chi connectivity index (χ0) is 16.4. The maximum atomic E-state index is 12.4. The normalized spacial score (nSPS) is 15.9. The highest BCUT2D eigenvalue weighted by Crippen LogP contribution is 2.33. The van der Waals surface area contributed by atoms with E-state index in [0.717, 1.165) is 5.56 Å². The fourth-order valence-corrected chi connectivity index (χ4v) is 2.45. The van der Waals surface area contributed by atoms with Gasteiger partial charge in [0.1, 0.15) is 12.4 Å². The average Bonchev–Trinajstić information content (AvgIpc) is 2.57. The molecule has 0 fully saturated rings. The summed E-state index contributed by atoms with van der Waals surface area (Å²) in [7, 11) is 1.52. The van der Waals surface area contributed by atoms with Crippen LogP contribution in [0.3, 0.4) is 0 Å². The maximum Gasteiger partial charge on any atom is 0.269 e. The predicted octanol–water partition coefficient (Wildman–Crippen LogP) is 3.44. The molecule has 0 saturated heterocycles. The van der Waals surface area contributed by atoms with Gasteiger partial charge in [-0.3, -0.25) is 4.79 Å². The van der Waals surface area contributed by atoms with E-state index in [0.29, 0.717) is 28.0 Å². The van der Waals surface area contributed by atoms with E-state index in [2.05, 4.69) is 5.32 Å². The molecule has 3 rings (SSSR count). The zero-order valence-electron chi connectivity index (χ0n) is 12.8. The van der Waals surface area contributed by atoms with Crippen molar-refractivity contribution < 1.29 is 19.0 Å². The van der Waals surface area contributed by atoms with Gasteiger partial charge >= 0.3 is 0 Å². The number of carbonyl (C=O) groups excluding carboxylic acids is 1. The second kappa shape index (κ2) is 6.38. The van der Waals surface area contributed by atoms with E-state index >= 15 is 0 Å². The van der Waals surface area contributed by atoms with Crippen molar-refractivity contribution in [1.82, 2.24) is 0 Å². The minimum Gasteiger partial charge on any atom is -0.495 e. The number of amides is 1. The largest absolute Gasteiger partial charge is 0.495 e. The summed E-state index contributed by atoms with van der Waals surface area (Å²) in [5.41, 5.74) is 1.38. The Morgan fingerprint density at radius 1 is 1.30 bits per heavy atom. The molecule has 1 N–H and O–H groups in total. The number of hydrogen-bond acceptors (Lipinski definition) is 4. The highest BCUT2D eigenvalue weighted by atomic mass is 35.5. The molecule has 1 atom stereocenters. The standard InChI is InChI=1S/C17H16ClNO4/c1-10-7-12(15(21-2)8-11(10)18)19-17(20)16-9-22-13-5-3-4-6-14(13)23-16/h3-8,16H,9H2,1-2H3,(H,19,20)/t16-/m1/s1. The van der Waals surface area contributed by atoms with Crippen LogP contribution in [0.4, 0.5) is 5.69 Å². The number of ether oxygens (including phenoxy) is 3. The molecule has 5 nitrogen and oxygen atoms in total. The fraction of sp³-hybridized carbons (Fsp3) is 0.235. The second-order valence-corrected chi connectivity index (χ2v) is 5.56. The molecule has 120 valence electrons. The van der Waals surface area contributed by atoms with E-state index in [1.54, 1.807) is 24.3 Å². The molecule has 0 bridgehead atoms. The summed E-state index contributed by atoms with van der Waals surface area (Å²) in [5.74, 6) is 1.38. The van der Waals surface area contributed by atoms with Crippen LogP contribution in [0.25, 0.3) is 0 Å². The molecule has 6 heteroatoms. The topological polar surface area (TPSA) is 56.8 Å². The molecule has 0 aliphatic carbocycles. The van der Waals surface area contributed by atoms with E-state index in [4.69, 9.17) is 25.8 Å². The minimum atomic E-state index is -0.731. The molecule has 0 unspecified atom stereocenters. The highest BCUT2D eigenvalue weighted by molar-refractivity contribution is 6.31. The fourth-order valence-electron chi connectivity index (χ4n) is 2.29. The summed E-state index contributed by atoms with van der Waals surface area (Å²) in [6.45, 7) is 2.01. The Bertz CT molecular complexity index is 747. The summed E-state index contributed by atoms with van der Waals surface area (Å²) in [6.07, 6.45) is -0.731. The van der Waals surface area contributed by atoms with E-state index in [-0.39, 0.29) is 12.5 Å². The van der Waals surface area contributed by atoms with Crippen molar-refractivity contribution in [3.8, 4) is 17.2 Å². The highest BCUT2D eigenvalue weighted by Gasteiger charge is 2.28. The van der Waals surface area contributed by atoms with Gasteiger partial charge in [0, 0.05) is 11.1 Å². The Morgan fingerprint density at radius 3 is 2.78 bits per heavy atom. The summed E-state index contributed by atoms with van der Waals surface area (Å²) in [4.78, 5) is 12.4. The summed E-state index contributed by atoms with van der Waals surface area (Å²) in [5, 5.41) is 3.38. The third-order valence-electron chi connectivity index (χ3n) is 3.54. The molecule has 2 aromatic carbocycles. The van der Waals surface area contributed by atoms with E-state index < -0.39 is 6.10 Å². The zero-order valence-corrected chi connectivity index (χ0v) is 13.5. The van der Waals surface area contributed by atoms with Crippen molar-refractivity contribution in [1.29, 1.82) is 0 Å². The SMILES string of the molecule is COc1cc(Cl)c(C)cc1NC(=O)[C@H]1COc2ccccc2O1. The quantitative estimate of drug-likeness (QED) is 0.935. The monoisotopic (exact) mass is 333 g/mol. The van der Waals surface area contributed by atoms with Gasteiger partial charge in [-0.25, -0.2) is 0 Å². The molecule has 0 radical (unpaired) electrons. The third-order valence-corrected chi connectivity index (χ3v) is 3.95. The Balaban J connectivity index is 1.77. The first kappa shape index (κ1) is 15.5. The first-order chi connectivity index (χ1) is 11.1. The van der Waals surface area contributed by atoms with Gasteiger partial charge in [-0.15, -0.1) is 0 Å². The number of benzene rings is 2. The third kappa shape index (κ3) is 3.19. The lowest BCUT2D eigenvalue weighted by Crippen LogP contribution is -2.40. The van der Waals surface area contributed by atoms with Gasteiger partial charge in [0.25, 0.3) is 5.91 Å². The van der Waals surface area contributed by atoms with Crippen LogP contribution in [0, 0.1) is 6.92 Å². The predicted molar refractivity (Wildman–Crippen MR) is 87.7 cm³/mol. The first-order valence-electron chi connectivity index (χ1n) is 7.12. The molecule has 0 saturated carbocycles. The van der Waals surface area contributed by atoms with E-state index in [9.17, 15) is 4.79 Å². The lowest BCUT2D eigenvalue weighted by Gasteiger charge is -2.25. The number of methoxy groups -OCH3 is 1. The summed E-state index contributed by atoms with van der Waals surface area (Å²) >= 11 is 6.07. The molecule has 1 heterocycles. The number of anilines is 1. The minimum absolute atomic E-state index is 0.151. The summed E-state index contributed by atoms with van der Waals surface area (Å²) < 4.78 is 16.5. The van der Waals surface area contributed by atoms with Crippen LogP contribution in [0.15, 0.2) is 36.4 Å². The van der Waals surface area contributed by atoms with Crippen molar-refractivity contribution in [3.63, 3.8) is 0 Å². The number of hydrogen-bond donors (Lipinski definition) is 1. The smallest absolute Gasteiger partial charge is 0.269 e. The number of carbonyl (C=O) groups is 1. The van der Waals surface area contributed by atoms with Gasteiger partial charge in [0.2, 0.25) is 6.10 Å². The molecule has 1 amide bonds. The van der Waals surface area contributed by atoms with Crippen LogP contribution in [-0.2, 0) is 4.79 Å². The van der Waals surface area contributed by atoms with Gasteiger partial charge in [-0.2, -0.15) is 0 Å². The number of aryl methyl sites for hydroxylation is 1. The molecular formula is C17H16ClNO4. The Kier molecular flexibility index (Phi) is 4.30.